The second-order valence-electron chi connectivity index (χ2n) is 6.15. The van der Waals surface area contributed by atoms with Crippen molar-refractivity contribution >= 4 is 28.9 Å². The molecule has 3 aromatic rings. The minimum atomic E-state index is -1.22. The van der Waals surface area contributed by atoms with Crippen LogP contribution in [0.4, 0.5) is 4.79 Å². The summed E-state index contributed by atoms with van der Waals surface area (Å²) in [6, 6.07) is 15.0. The van der Waals surface area contributed by atoms with Crippen molar-refractivity contribution in [3.05, 3.63) is 60.2 Å². The number of nitrogens with zero attached hydrogens (tertiary/aromatic N) is 1. The van der Waals surface area contributed by atoms with Gasteiger partial charge in [0.1, 0.15) is 5.75 Å². The van der Waals surface area contributed by atoms with Gasteiger partial charge in [-0.3, -0.25) is 10.1 Å². The number of aromatic nitrogens is 1. The van der Waals surface area contributed by atoms with Gasteiger partial charge in [0.25, 0.3) is 5.91 Å². The number of esters is 1. The molecule has 1 heterocycles. The minimum absolute atomic E-state index is 0.111. The van der Waals surface area contributed by atoms with Gasteiger partial charge in [0.05, 0.1) is 23.9 Å². The van der Waals surface area contributed by atoms with Gasteiger partial charge >= 0.3 is 12.1 Å². The van der Waals surface area contributed by atoms with Crippen LogP contribution in [0.25, 0.3) is 22.2 Å². The van der Waals surface area contributed by atoms with E-state index in [9.17, 15) is 19.5 Å². The second-order valence-corrected chi connectivity index (χ2v) is 6.15. The van der Waals surface area contributed by atoms with Crippen molar-refractivity contribution in [2.75, 3.05) is 7.11 Å². The Morgan fingerprint density at radius 1 is 1.07 bits per heavy atom. The van der Waals surface area contributed by atoms with E-state index in [1.165, 1.54) is 19.1 Å². The molecule has 8 heteroatoms. The molecule has 0 unspecified atom stereocenters. The van der Waals surface area contributed by atoms with Crippen LogP contribution < -0.4 is 5.32 Å². The molecule has 0 fully saturated rings. The summed E-state index contributed by atoms with van der Waals surface area (Å²) in [6.45, 7) is 1.35. The third kappa shape index (κ3) is 4.49. The highest BCUT2D eigenvalue weighted by molar-refractivity contribution is 6.05. The van der Waals surface area contributed by atoms with Crippen LogP contribution in [0.1, 0.15) is 17.3 Å². The first-order chi connectivity index (χ1) is 13.9. The Hall–Kier alpha value is -3.94. The summed E-state index contributed by atoms with van der Waals surface area (Å²) in [5.74, 6) is -1.43. The number of hydrogen-bond acceptors (Lipinski definition) is 7. The van der Waals surface area contributed by atoms with Gasteiger partial charge in [-0.2, -0.15) is 0 Å². The summed E-state index contributed by atoms with van der Waals surface area (Å²) in [6.07, 6.45) is -2.16. The van der Waals surface area contributed by atoms with Crippen molar-refractivity contribution in [3.8, 4) is 17.0 Å². The Labute approximate surface area is 166 Å². The summed E-state index contributed by atoms with van der Waals surface area (Å²) >= 11 is 0. The number of imide groups is 1. The van der Waals surface area contributed by atoms with Crippen molar-refractivity contribution in [3.63, 3.8) is 0 Å². The van der Waals surface area contributed by atoms with Gasteiger partial charge < -0.3 is 14.6 Å². The van der Waals surface area contributed by atoms with Gasteiger partial charge in [0.2, 0.25) is 0 Å². The standard InChI is InChI=1S/C21H18N2O6/c1-12(19(25)23-21(27)28-2)29-20(26)16-11-18(13-7-9-14(24)10-8-13)22-17-6-4-3-5-15(16)17/h3-12,24H,1-2H3,(H,23,25,27)/t12-/m1/s1. The number of hydrogen-bond donors (Lipinski definition) is 2. The third-order valence-electron chi connectivity index (χ3n) is 4.16. The van der Waals surface area contributed by atoms with Crippen molar-refractivity contribution in [1.82, 2.24) is 10.3 Å². The molecular formula is C21H18N2O6. The first-order valence-electron chi connectivity index (χ1n) is 8.68. The molecule has 0 bridgehead atoms. The number of nitrogens with one attached hydrogen (secondary N) is 1. The maximum atomic E-state index is 12.8. The summed E-state index contributed by atoms with van der Waals surface area (Å²) in [4.78, 5) is 40.4. The molecule has 0 aliphatic rings. The van der Waals surface area contributed by atoms with Gasteiger partial charge in [0.15, 0.2) is 6.10 Å². The number of carbonyl (C=O) groups is 3. The molecule has 0 radical (unpaired) electrons. The third-order valence-corrected chi connectivity index (χ3v) is 4.16. The lowest BCUT2D eigenvalue weighted by molar-refractivity contribution is -0.128. The van der Waals surface area contributed by atoms with E-state index in [-0.39, 0.29) is 11.3 Å². The van der Waals surface area contributed by atoms with Gasteiger partial charge in [-0.25, -0.2) is 14.6 Å². The number of amides is 2. The Kier molecular flexibility index (Phi) is 5.73. The average Bonchev–Trinajstić information content (AvgIpc) is 2.73. The van der Waals surface area contributed by atoms with E-state index in [4.69, 9.17) is 4.74 Å². The van der Waals surface area contributed by atoms with E-state index in [2.05, 4.69) is 9.72 Å². The largest absolute Gasteiger partial charge is 0.508 e. The Morgan fingerprint density at radius 2 is 1.76 bits per heavy atom. The highest BCUT2D eigenvalue weighted by atomic mass is 16.6. The number of benzene rings is 2. The molecule has 1 aromatic heterocycles. The van der Waals surface area contributed by atoms with E-state index in [0.29, 0.717) is 22.2 Å². The summed E-state index contributed by atoms with van der Waals surface area (Å²) in [5.41, 5.74) is 1.98. The number of phenols is 1. The number of aromatic hydroxyl groups is 1. The zero-order valence-corrected chi connectivity index (χ0v) is 15.7. The molecule has 3 rings (SSSR count). The molecule has 0 saturated carbocycles. The van der Waals surface area contributed by atoms with Crippen LogP contribution in [0.5, 0.6) is 5.75 Å². The number of para-hydroxylation sites is 1. The van der Waals surface area contributed by atoms with Crippen molar-refractivity contribution in [2.45, 2.75) is 13.0 Å². The highest BCUT2D eigenvalue weighted by Crippen LogP contribution is 2.26. The maximum Gasteiger partial charge on any atom is 0.413 e. The van der Waals surface area contributed by atoms with Gasteiger partial charge in [-0.05, 0) is 43.3 Å². The molecule has 1 atom stereocenters. The lowest BCUT2D eigenvalue weighted by Crippen LogP contribution is -2.39. The van der Waals surface area contributed by atoms with Crippen LogP contribution in [0.2, 0.25) is 0 Å². The molecule has 2 aromatic carbocycles. The zero-order valence-electron chi connectivity index (χ0n) is 15.7. The number of alkyl carbamates (subject to hydrolysis) is 1. The Bertz CT molecular complexity index is 1080. The van der Waals surface area contributed by atoms with Crippen LogP contribution in [-0.4, -0.2) is 41.3 Å². The van der Waals surface area contributed by atoms with Crippen LogP contribution >= 0.6 is 0 Å². The first kappa shape index (κ1) is 19.8. The SMILES string of the molecule is COC(=O)NC(=O)[C@@H](C)OC(=O)c1cc(-c2ccc(O)cc2)nc2ccccc12. The van der Waals surface area contributed by atoms with E-state index in [1.54, 1.807) is 42.5 Å². The van der Waals surface area contributed by atoms with Crippen molar-refractivity contribution in [1.29, 1.82) is 0 Å². The maximum absolute atomic E-state index is 12.8. The van der Waals surface area contributed by atoms with E-state index >= 15 is 0 Å². The fourth-order valence-electron chi connectivity index (χ4n) is 2.66. The summed E-state index contributed by atoms with van der Waals surface area (Å²) in [5, 5.41) is 12.0. The molecule has 2 amide bonds. The van der Waals surface area contributed by atoms with E-state index < -0.39 is 24.1 Å². The van der Waals surface area contributed by atoms with E-state index in [0.717, 1.165) is 7.11 Å². The first-order valence-corrected chi connectivity index (χ1v) is 8.68. The zero-order chi connectivity index (χ0) is 21.0. The quantitative estimate of drug-likeness (QED) is 0.654. The molecule has 29 heavy (non-hydrogen) atoms. The fourth-order valence-corrected chi connectivity index (χ4v) is 2.66. The Morgan fingerprint density at radius 3 is 2.45 bits per heavy atom. The number of pyridine rings is 1. The monoisotopic (exact) mass is 394 g/mol. The Balaban J connectivity index is 1.95. The molecule has 0 aliphatic carbocycles. The smallest absolute Gasteiger partial charge is 0.413 e. The van der Waals surface area contributed by atoms with Crippen molar-refractivity contribution in [2.24, 2.45) is 0 Å². The topological polar surface area (TPSA) is 115 Å². The van der Waals surface area contributed by atoms with Crippen LogP contribution in [0.15, 0.2) is 54.6 Å². The molecule has 8 nitrogen and oxygen atoms in total. The summed E-state index contributed by atoms with van der Waals surface area (Å²) < 4.78 is 9.59. The predicted molar refractivity (Wildman–Crippen MR) is 104 cm³/mol. The van der Waals surface area contributed by atoms with Crippen LogP contribution in [-0.2, 0) is 14.3 Å². The minimum Gasteiger partial charge on any atom is -0.508 e. The van der Waals surface area contributed by atoms with Crippen LogP contribution in [0, 0.1) is 0 Å². The number of phenolic OH excluding ortho intramolecular Hbond substituents is 1. The lowest BCUT2D eigenvalue weighted by atomic mass is 10.0. The fraction of sp³-hybridized carbons (Fsp3) is 0.143. The molecule has 0 saturated heterocycles. The van der Waals surface area contributed by atoms with Gasteiger partial charge in [-0.1, -0.05) is 18.2 Å². The van der Waals surface area contributed by atoms with Crippen molar-refractivity contribution < 1.29 is 29.0 Å². The average molecular weight is 394 g/mol. The number of rotatable bonds is 4. The number of methoxy groups -OCH3 is 1. The predicted octanol–water partition coefficient (Wildman–Crippen LogP) is 3.04. The molecule has 0 aliphatic heterocycles. The van der Waals surface area contributed by atoms with Gasteiger partial charge in [0, 0.05) is 10.9 Å². The van der Waals surface area contributed by atoms with Crippen LogP contribution in [0.3, 0.4) is 0 Å². The van der Waals surface area contributed by atoms with E-state index in [1.807, 2.05) is 5.32 Å². The van der Waals surface area contributed by atoms with Gasteiger partial charge in [-0.15, -0.1) is 0 Å². The molecular weight excluding hydrogens is 376 g/mol. The normalized spacial score (nSPS) is 11.5. The molecule has 148 valence electrons. The summed E-state index contributed by atoms with van der Waals surface area (Å²) in [7, 11) is 1.12. The second kappa shape index (κ2) is 8.39. The molecule has 2 N–H and O–H groups in total. The number of fused-ring (bicyclic) bond motifs is 1. The lowest BCUT2D eigenvalue weighted by Gasteiger charge is -2.14. The number of carbonyl (C=O) groups excluding carboxylic acids is 3. The number of ether oxygens (including phenoxy) is 2. The molecule has 0 spiro atoms. The highest BCUT2D eigenvalue weighted by Gasteiger charge is 2.23.